The van der Waals surface area contributed by atoms with E-state index in [2.05, 4.69) is 16.9 Å². The van der Waals surface area contributed by atoms with Crippen molar-refractivity contribution in [3.05, 3.63) is 16.4 Å². The molecule has 5 heteroatoms. The summed E-state index contributed by atoms with van der Waals surface area (Å²) in [4.78, 5) is 18.1. The van der Waals surface area contributed by atoms with Gasteiger partial charge in [0.2, 0.25) is 0 Å². The molecular weight excluding hydrogens is 222 g/mol. The molecule has 0 bridgehead atoms. The normalized spacial score (nSPS) is 25.6. The summed E-state index contributed by atoms with van der Waals surface area (Å²) in [6.07, 6.45) is 4.93. The number of hydrogen-bond acceptors (Lipinski definition) is 4. The number of aromatic nitrogens is 2. The topological polar surface area (TPSA) is 71.8 Å². The Kier molecular flexibility index (Phi) is 3.53. The Bertz CT molecular complexity index is 410. The van der Waals surface area contributed by atoms with Gasteiger partial charge in [-0.1, -0.05) is 18.7 Å². The van der Waals surface area contributed by atoms with E-state index in [0.29, 0.717) is 16.2 Å². The average Bonchev–Trinajstić information content (AvgIpc) is 2.20. The number of rotatable bonds is 2. The van der Waals surface area contributed by atoms with Crippen LogP contribution in [0.3, 0.4) is 0 Å². The van der Waals surface area contributed by atoms with Crippen molar-refractivity contribution in [3.8, 4) is 0 Å². The summed E-state index contributed by atoms with van der Waals surface area (Å²) in [6.45, 7) is 2.29. The fraction of sp³-hybridized carbons (Fsp3) is 0.636. The van der Waals surface area contributed by atoms with Gasteiger partial charge in [-0.2, -0.15) is 0 Å². The van der Waals surface area contributed by atoms with Gasteiger partial charge in [0.05, 0.1) is 0 Å². The van der Waals surface area contributed by atoms with Gasteiger partial charge in [-0.05, 0) is 31.6 Å². The Balaban J connectivity index is 2.01. The first-order chi connectivity index (χ1) is 7.63. The molecule has 1 heterocycles. The van der Waals surface area contributed by atoms with Gasteiger partial charge in [0, 0.05) is 11.3 Å². The van der Waals surface area contributed by atoms with Crippen molar-refractivity contribution in [1.82, 2.24) is 9.97 Å². The van der Waals surface area contributed by atoms with Crippen LogP contribution >= 0.6 is 11.8 Å². The van der Waals surface area contributed by atoms with Crippen molar-refractivity contribution in [2.75, 3.05) is 5.73 Å². The van der Waals surface area contributed by atoms with Gasteiger partial charge in [-0.15, -0.1) is 0 Å². The largest absolute Gasteiger partial charge is 0.383 e. The summed E-state index contributed by atoms with van der Waals surface area (Å²) >= 11 is 1.65. The molecular formula is C11H17N3OS. The molecule has 1 aliphatic carbocycles. The number of nitrogens with zero attached hydrogens (tertiary/aromatic N) is 1. The maximum Gasteiger partial charge on any atom is 0.253 e. The standard InChI is InChI=1S/C11H17N3OS/c1-7-2-4-8(5-3-7)16-11-13-9(12)6-10(15)14-11/h6-8H,2-5H2,1H3,(H3,12,13,14,15). The lowest BCUT2D eigenvalue weighted by Crippen LogP contribution is -2.16. The number of nitrogens with one attached hydrogen (secondary N) is 1. The second kappa shape index (κ2) is 4.91. The molecule has 0 amide bonds. The predicted molar refractivity (Wildman–Crippen MR) is 66.5 cm³/mol. The number of nitrogen functional groups attached to an aromatic ring is 1. The van der Waals surface area contributed by atoms with Crippen LogP contribution in [0.2, 0.25) is 0 Å². The Morgan fingerprint density at radius 3 is 2.75 bits per heavy atom. The summed E-state index contributed by atoms with van der Waals surface area (Å²) in [7, 11) is 0. The number of anilines is 1. The quantitative estimate of drug-likeness (QED) is 0.774. The van der Waals surface area contributed by atoms with Gasteiger partial charge in [0.15, 0.2) is 5.16 Å². The summed E-state index contributed by atoms with van der Waals surface area (Å²) < 4.78 is 0. The number of nitrogens with two attached hydrogens (primary N) is 1. The van der Waals surface area contributed by atoms with Crippen LogP contribution in [0.4, 0.5) is 5.82 Å². The minimum absolute atomic E-state index is 0.167. The van der Waals surface area contributed by atoms with Crippen molar-refractivity contribution in [1.29, 1.82) is 0 Å². The highest BCUT2D eigenvalue weighted by Gasteiger charge is 2.19. The molecule has 3 N–H and O–H groups in total. The van der Waals surface area contributed by atoms with E-state index in [-0.39, 0.29) is 5.56 Å². The SMILES string of the molecule is CC1CCC(Sc2nc(N)cc(=O)[nH]2)CC1. The first kappa shape index (κ1) is 11.5. The zero-order valence-electron chi connectivity index (χ0n) is 9.40. The highest BCUT2D eigenvalue weighted by atomic mass is 32.2. The van der Waals surface area contributed by atoms with E-state index in [9.17, 15) is 4.79 Å². The van der Waals surface area contributed by atoms with E-state index < -0.39 is 0 Å². The first-order valence-electron chi connectivity index (χ1n) is 5.67. The summed E-state index contributed by atoms with van der Waals surface area (Å²) in [5.74, 6) is 1.14. The average molecular weight is 239 g/mol. The highest BCUT2D eigenvalue weighted by molar-refractivity contribution is 7.99. The van der Waals surface area contributed by atoms with Gasteiger partial charge in [-0.3, -0.25) is 4.79 Å². The Labute approximate surface area is 99.0 Å². The lowest BCUT2D eigenvalue weighted by molar-refractivity contribution is 0.393. The third kappa shape index (κ3) is 3.01. The fourth-order valence-corrected chi connectivity index (χ4v) is 3.16. The molecule has 0 unspecified atom stereocenters. The number of H-pyrrole nitrogens is 1. The third-order valence-corrected chi connectivity index (χ3v) is 4.20. The molecule has 0 spiro atoms. The van der Waals surface area contributed by atoms with Crippen molar-refractivity contribution >= 4 is 17.6 Å². The van der Waals surface area contributed by atoms with Crippen LogP contribution in [0.25, 0.3) is 0 Å². The van der Waals surface area contributed by atoms with Crippen molar-refractivity contribution < 1.29 is 0 Å². The third-order valence-electron chi connectivity index (χ3n) is 2.98. The minimum Gasteiger partial charge on any atom is -0.383 e. The van der Waals surface area contributed by atoms with Gasteiger partial charge < -0.3 is 10.7 Å². The molecule has 1 aromatic heterocycles. The van der Waals surface area contributed by atoms with E-state index in [4.69, 9.17) is 5.73 Å². The van der Waals surface area contributed by atoms with E-state index in [1.807, 2.05) is 0 Å². The zero-order chi connectivity index (χ0) is 11.5. The van der Waals surface area contributed by atoms with Crippen LogP contribution in [-0.2, 0) is 0 Å². The Hall–Kier alpha value is -0.970. The second-order valence-electron chi connectivity index (χ2n) is 4.48. The summed E-state index contributed by atoms with van der Waals surface area (Å²) in [5, 5.41) is 1.23. The van der Waals surface area contributed by atoms with Gasteiger partial charge >= 0.3 is 0 Å². The van der Waals surface area contributed by atoms with Gasteiger partial charge in [0.25, 0.3) is 5.56 Å². The zero-order valence-corrected chi connectivity index (χ0v) is 10.2. The molecule has 4 nitrogen and oxygen atoms in total. The van der Waals surface area contributed by atoms with E-state index in [1.165, 1.54) is 31.7 Å². The van der Waals surface area contributed by atoms with Crippen LogP contribution < -0.4 is 11.3 Å². The number of hydrogen-bond donors (Lipinski definition) is 2. The van der Waals surface area contributed by atoms with Crippen molar-refractivity contribution in [3.63, 3.8) is 0 Å². The Morgan fingerprint density at radius 2 is 2.12 bits per heavy atom. The van der Waals surface area contributed by atoms with Crippen LogP contribution in [0, 0.1) is 5.92 Å². The molecule has 1 saturated carbocycles. The lowest BCUT2D eigenvalue weighted by atomic mass is 9.91. The molecule has 0 saturated heterocycles. The molecule has 0 aliphatic heterocycles. The van der Waals surface area contributed by atoms with Crippen LogP contribution in [-0.4, -0.2) is 15.2 Å². The van der Waals surface area contributed by atoms with Crippen molar-refractivity contribution in [2.45, 2.75) is 43.0 Å². The molecule has 88 valence electrons. The lowest BCUT2D eigenvalue weighted by Gasteiger charge is -2.24. The summed E-state index contributed by atoms with van der Waals surface area (Å²) in [5.41, 5.74) is 5.37. The minimum atomic E-state index is -0.167. The monoisotopic (exact) mass is 239 g/mol. The van der Waals surface area contributed by atoms with Crippen LogP contribution in [0.15, 0.2) is 16.0 Å². The number of thioether (sulfide) groups is 1. The van der Waals surface area contributed by atoms with E-state index in [1.54, 1.807) is 11.8 Å². The maximum atomic E-state index is 11.2. The van der Waals surface area contributed by atoms with E-state index >= 15 is 0 Å². The molecule has 16 heavy (non-hydrogen) atoms. The molecule has 1 aliphatic rings. The maximum absolute atomic E-state index is 11.2. The smallest absolute Gasteiger partial charge is 0.253 e. The van der Waals surface area contributed by atoms with E-state index in [0.717, 1.165) is 5.92 Å². The number of aromatic amines is 1. The van der Waals surface area contributed by atoms with Crippen LogP contribution in [0.5, 0.6) is 0 Å². The molecule has 1 aromatic rings. The first-order valence-corrected chi connectivity index (χ1v) is 6.55. The van der Waals surface area contributed by atoms with Gasteiger partial charge in [0.1, 0.15) is 5.82 Å². The second-order valence-corrected chi connectivity index (χ2v) is 5.76. The highest BCUT2D eigenvalue weighted by Crippen LogP contribution is 2.34. The Morgan fingerprint density at radius 1 is 1.44 bits per heavy atom. The molecule has 2 rings (SSSR count). The molecule has 0 radical (unpaired) electrons. The molecule has 1 fully saturated rings. The molecule has 0 aromatic carbocycles. The predicted octanol–water partition coefficient (Wildman–Crippen LogP) is 2.02. The summed E-state index contributed by atoms with van der Waals surface area (Å²) in [6, 6.07) is 1.31. The van der Waals surface area contributed by atoms with Gasteiger partial charge in [-0.25, -0.2) is 4.98 Å². The van der Waals surface area contributed by atoms with Crippen molar-refractivity contribution in [2.24, 2.45) is 5.92 Å². The van der Waals surface area contributed by atoms with Crippen LogP contribution in [0.1, 0.15) is 32.6 Å². The molecule has 0 atom stereocenters. The fourth-order valence-electron chi connectivity index (χ4n) is 2.01.